The molecule has 7 nitrogen and oxygen atoms in total. The maximum absolute atomic E-state index is 13.4. The summed E-state index contributed by atoms with van der Waals surface area (Å²) in [5.41, 5.74) is 2.39. The molecule has 0 radical (unpaired) electrons. The van der Waals surface area contributed by atoms with Crippen LogP contribution in [0.3, 0.4) is 0 Å². The van der Waals surface area contributed by atoms with Gasteiger partial charge in [0.1, 0.15) is 0 Å². The van der Waals surface area contributed by atoms with Crippen molar-refractivity contribution in [3.63, 3.8) is 0 Å². The number of ether oxygens (including phenoxy) is 2. The molecule has 7 heteroatoms. The van der Waals surface area contributed by atoms with E-state index in [1.54, 1.807) is 38.2 Å². The third-order valence-electron chi connectivity index (χ3n) is 4.61. The first-order chi connectivity index (χ1) is 14.4. The van der Waals surface area contributed by atoms with Gasteiger partial charge < -0.3 is 14.4 Å². The van der Waals surface area contributed by atoms with Crippen molar-refractivity contribution < 1.29 is 23.9 Å². The average molecular weight is 412 g/mol. The Morgan fingerprint density at radius 3 is 2.00 bits per heavy atom. The number of pyridine rings is 1. The van der Waals surface area contributed by atoms with Crippen LogP contribution in [0.4, 0.5) is 5.69 Å². The molecule has 0 bridgehead atoms. The van der Waals surface area contributed by atoms with E-state index in [9.17, 15) is 14.4 Å². The molecule has 0 N–H and O–H groups in total. The standard InChI is InChI=1S/C23H28N2O5/c1-5-29-22(27)20(23(28)30-6-2)21(26)18(19-9-7-8-14-24-19)15-16-10-12-17(13-11-16)25(3)4/h7-14,18,20H,5-6,15H2,1-4H3. The predicted molar refractivity (Wildman–Crippen MR) is 113 cm³/mol. The van der Waals surface area contributed by atoms with Crippen LogP contribution in [0.15, 0.2) is 48.7 Å². The summed E-state index contributed by atoms with van der Waals surface area (Å²) in [6.45, 7) is 3.35. The molecule has 2 aromatic rings. The Kier molecular flexibility index (Phi) is 8.53. The van der Waals surface area contributed by atoms with E-state index in [0.29, 0.717) is 12.1 Å². The normalized spacial score (nSPS) is 11.6. The van der Waals surface area contributed by atoms with Crippen LogP contribution in [0.25, 0.3) is 0 Å². The van der Waals surface area contributed by atoms with E-state index in [1.807, 2.05) is 43.3 Å². The highest BCUT2D eigenvalue weighted by molar-refractivity contribution is 6.16. The summed E-state index contributed by atoms with van der Waals surface area (Å²) in [4.78, 5) is 44.6. The number of rotatable bonds is 10. The quantitative estimate of drug-likeness (QED) is 0.438. The number of carbonyl (C=O) groups is 3. The van der Waals surface area contributed by atoms with Crippen molar-refractivity contribution in [2.45, 2.75) is 26.2 Å². The summed E-state index contributed by atoms with van der Waals surface area (Å²) < 4.78 is 9.97. The third-order valence-corrected chi connectivity index (χ3v) is 4.61. The van der Waals surface area contributed by atoms with Gasteiger partial charge in [-0.2, -0.15) is 0 Å². The number of Topliss-reactive ketones (excluding diaryl/α,β-unsaturated/α-hetero) is 1. The van der Waals surface area contributed by atoms with Crippen LogP contribution in [0, 0.1) is 5.92 Å². The second-order valence-electron chi connectivity index (χ2n) is 6.91. The van der Waals surface area contributed by atoms with Gasteiger partial charge in [0, 0.05) is 26.0 Å². The number of benzene rings is 1. The first-order valence-electron chi connectivity index (χ1n) is 9.93. The van der Waals surface area contributed by atoms with Gasteiger partial charge in [-0.3, -0.25) is 19.4 Å². The number of hydrogen-bond acceptors (Lipinski definition) is 7. The van der Waals surface area contributed by atoms with Crippen LogP contribution in [-0.4, -0.2) is 50.0 Å². The summed E-state index contributed by atoms with van der Waals surface area (Å²) in [7, 11) is 3.89. The van der Waals surface area contributed by atoms with Crippen molar-refractivity contribution in [2.24, 2.45) is 5.92 Å². The molecule has 160 valence electrons. The van der Waals surface area contributed by atoms with Gasteiger partial charge in [0.2, 0.25) is 5.92 Å². The molecule has 0 saturated carbocycles. The Hall–Kier alpha value is -3.22. The molecule has 1 aromatic carbocycles. The van der Waals surface area contributed by atoms with Crippen molar-refractivity contribution in [3.05, 3.63) is 59.9 Å². The van der Waals surface area contributed by atoms with Crippen molar-refractivity contribution >= 4 is 23.4 Å². The zero-order valence-corrected chi connectivity index (χ0v) is 17.8. The summed E-state index contributed by atoms with van der Waals surface area (Å²) >= 11 is 0. The summed E-state index contributed by atoms with van der Waals surface area (Å²) in [5, 5.41) is 0. The van der Waals surface area contributed by atoms with Gasteiger partial charge >= 0.3 is 11.9 Å². The van der Waals surface area contributed by atoms with Gasteiger partial charge in [0.15, 0.2) is 5.78 Å². The summed E-state index contributed by atoms with van der Waals surface area (Å²) in [6.07, 6.45) is 1.87. The Morgan fingerprint density at radius 2 is 1.53 bits per heavy atom. The van der Waals surface area contributed by atoms with Gasteiger partial charge in [-0.1, -0.05) is 18.2 Å². The molecule has 30 heavy (non-hydrogen) atoms. The fourth-order valence-electron chi connectivity index (χ4n) is 3.08. The Balaban J connectivity index is 2.40. The molecule has 0 aliphatic carbocycles. The lowest BCUT2D eigenvalue weighted by molar-refractivity contribution is -0.164. The molecule has 0 aliphatic heterocycles. The fraction of sp³-hybridized carbons (Fsp3) is 0.391. The number of nitrogens with zero attached hydrogens (tertiary/aromatic N) is 2. The van der Waals surface area contributed by atoms with E-state index in [4.69, 9.17) is 9.47 Å². The van der Waals surface area contributed by atoms with Crippen molar-refractivity contribution in [2.75, 3.05) is 32.2 Å². The molecule has 0 amide bonds. The van der Waals surface area contributed by atoms with E-state index in [-0.39, 0.29) is 13.2 Å². The highest BCUT2D eigenvalue weighted by atomic mass is 16.6. The molecule has 0 saturated heterocycles. The van der Waals surface area contributed by atoms with Gasteiger partial charge in [-0.25, -0.2) is 0 Å². The van der Waals surface area contributed by atoms with Crippen LogP contribution in [0.5, 0.6) is 0 Å². The van der Waals surface area contributed by atoms with Crippen LogP contribution < -0.4 is 4.90 Å². The zero-order valence-electron chi connectivity index (χ0n) is 17.8. The second-order valence-corrected chi connectivity index (χ2v) is 6.91. The topological polar surface area (TPSA) is 85.8 Å². The largest absolute Gasteiger partial charge is 0.465 e. The lowest BCUT2D eigenvalue weighted by atomic mass is 9.85. The first kappa shape index (κ1) is 23.1. The van der Waals surface area contributed by atoms with Crippen LogP contribution in [-0.2, 0) is 30.3 Å². The lowest BCUT2D eigenvalue weighted by Gasteiger charge is -2.21. The fourth-order valence-corrected chi connectivity index (χ4v) is 3.08. The van der Waals surface area contributed by atoms with Gasteiger partial charge in [-0.15, -0.1) is 0 Å². The van der Waals surface area contributed by atoms with E-state index in [0.717, 1.165) is 11.3 Å². The maximum atomic E-state index is 13.4. The number of hydrogen-bond donors (Lipinski definition) is 0. The van der Waals surface area contributed by atoms with Crippen LogP contribution >= 0.6 is 0 Å². The molecule has 0 spiro atoms. The minimum atomic E-state index is -1.64. The smallest absolute Gasteiger partial charge is 0.328 e. The van der Waals surface area contributed by atoms with Crippen LogP contribution in [0.2, 0.25) is 0 Å². The minimum absolute atomic E-state index is 0.0578. The van der Waals surface area contributed by atoms with E-state index in [1.165, 1.54) is 0 Å². The molecular formula is C23H28N2O5. The number of anilines is 1. The monoisotopic (exact) mass is 412 g/mol. The molecule has 1 atom stereocenters. The molecule has 1 heterocycles. The molecule has 1 aromatic heterocycles. The van der Waals surface area contributed by atoms with E-state index >= 15 is 0 Å². The molecular weight excluding hydrogens is 384 g/mol. The summed E-state index contributed by atoms with van der Waals surface area (Å²) in [6, 6.07) is 13.0. The summed E-state index contributed by atoms with van der Waals surface area (Å²) in [5.74, 6) is -4.81. The van der Waals surface area contributed by atoms with E-state index < -0.39 is 29.6 Å². The Bertz CT molecular complexity index is 832. The highest BCUT2D eigenvalue weighted by Gasteiger charge is 2.41. The molecule has 0 fully saturated rings. The average Bonchev–Trinajstić information content (AvgIpc) is 2.73. The lowest BCUT2D eigenvalue weighted by Crippen LogP contribution is -2.38. The van der Waals surface area contributed by atoms with Gasteiger partial charge in [0.05, 0.1) is 24.8 Å². The van der Waals surface area contributed by atoms with Crippen LogP contribution in [0.1, 0.15) is 31.0 Å². The van der Waals surface area contributed by atoms with Gasteiger partial charge in [-0.05, 0) is 50.1 Å². The van der Waals surface area contributed by atoms with E-state index in [2.05, 4.69) is 4.98 Å². The molecule has 2 rings (SSSR count). The number of ketones is 1. The van der Waals surface area contributed by atoms with Crippen molar-refractivity contribution in [1.82, 2.24) is 4.98 Å². The minimum Gasteiger partial charge on any atom is -0.465 e. The van der Waals surface area contributed by atoms with Gasteiger partial charge in [0.25, 0.3) is 0 Å². The predicted octanol–water partition coefficient (Wildman–Crippen LogP) is 2.79. The van der Waals surface area contributed by atoms with Crippen molar-refractivity contribution in [1.29, 1.82) is 0 Å². The number of carbonyl (C=O) groups excluding carboxylic acids is 3. The second kappa shape index (κ2) is 11.1. The maximum Gasteiger partial charge on any atom is 0.328 e. The third kappa shape index (κ3) is 5.89. The number of esters is 2. The zero-order chi connectivity index (χ0) is 22.1. The Morgan fingerprint density at radius 1 is 0.933 bits per heavy atom. The Labute approximate surface area is 177 Å². The highest BCUT2D eigenvalue weighted by Crippen LogP contribution is 2.26. The molecule has 1 unspecified atom stereocenters. The molecule has 0 aliphatic rings. The first-order valence-corrected chi connectivity index (χ1v) is 9.93. The van der Waals surface area contributed by atoms with Crippen molar-refractivity contribution in [3.8, 4) is 0 Å². The number of aromatic nitrogens is 1. The SMILES string of the molecule is CCOC(=O)C(C(=O)OCC)C(=O)C(Cc1ccc(N(C)C)cc1)c1ccccn1.